The third kappa shape index (κ3) is 38.1. The number of carbonyl (C=O) groups excluding carboxylic acids is 2. The molecule has 0 aromatic heterocycles. The molecule has 3 atom stereocenters. The fourth-order valence-electron chi connectivity index (χ4n) is 5.34. The molecule has 1 unspecified atom stereocenters. The van der Waals surface area contributed by atoms with Crippen LogP contribution >= 0.6 is 7.82 Å². The number of ether oxygens (including phenoxy) is 2. The Morgan fingerprint density at radius 2 is 0.982 bits per heavy atom. The van der Waals surface area contributed by atoms with E-state index in [1.54, 1.807) is 0 Å². The van der Waals surface area contributed by atoms with Crippen LogP contribution in [0.5, 0.6) is 0 Å². The van der Waals surface area contributed by atoms with Crippen LogP contribution in [0, 0.1) is 0 Å². The van der Waals surface area contributed by atoms with Crippen LogP contribution in [0.4, 0.5) is 0 Å². The quantitative estimate of drug-likeness (QED) is 0.0233. The average molecular weight is 810 g/mol. The number of phosphoric ester groups is 1. The summed E-state index contributed by atoms with van der Waals surface area (Å²) in [7, 11) is -4.73. The van der Waals surface area contributed by atoms with Crippen molar-refractivity contribution in [1.82, 2.24) is 0 Å². The van der Waals surface area contributed by atoms with Gasteiger partial charge < -0.3 is 25.2 Å². The number of unbranched alkanes of at least 4 members (excludes halogenated alkanes) is 15. The molecule has 0 heterocycles. The number of carboxylic acids is 1. The Labute approximate surface area is 338 Å². The SMILES string of the molecule is CCC/C=C/C/C=C/C/C=C/C/C=C/CCCCCC(=O)OC[C@H](COP(=O)(O)OC[C@H](N)C(=O)O)OC(=O)CCCC/C=C/CCCCCCCCCCC. The molecule has 0 saturated heterocycles. The average Bonchev–Trinajstić information content (AvgIpc) is 3.17. The first-order chi connectivity index (χ1) is 27.1. The highest BCUT2D eigenvalue weighted by Gasteiger charge is 2.28. The number of carbonyl (C=O) groups is 3. The predicted molar refractivity (Wildman–Crippen MR) is 226 cm³/mol. The molecule has 0 aromatic rings. The molecule has 0 amide bonds. The van der Waals surface area contributed by atoms with Crippen molar-refractivity contribution < 1.29 is 47.5 Å². The number of carboxylic acid groups (broad SMARTS) is 1. The van der Waals surface area contributed by atoms with Crippen LogP contribution in [-0.4, -0.2) is 59.9 Å². The van der Waals surface area contributed by atoms with Crippen LogP contribution in [0.2, 0.25) is 0 Å². The van der Waals surface area contributed by atoms with Gasteiger partial charge in [0, 0.05) is 12.8 Å². The van der Waals surface area contributed by atoms with Crippen molar-refractivity contribution in [1.29, 1.82) is 0 Å². The van der Waals surface area contributed by atoms with Gasteiger partial charge in [0.1, 0.15) is 12.6 Å². The standard InChI is InChI=1S/C44H76NO10P/c1-3-5-7-9-11-13-15-17-19-20-22-23-25-27-29-31-33-35-42(46)52-37-40(38-53-56(50,51)54-39-41(45)44(48)49)55-43(47)36-34-32-30-28-26-24-21-18-16-14-12-10-8-6-4-2/h7,9,13,15,19-20,23,25-26,28,40-41H,3-6,8,10-12,14,16-18,21-22,24,27,29-39,45H2,1-2H3,(H,48,49)(H,50,51)/b9-7+,15-13+,20-19+,25-23+,28-26+/t40-,41+/m1/s1. The lowest BCUT2D eigenvalue weighted by molar-refractivity contribution is -0.161. The van der Waals surface area contributed by atoms with Crippen LogP contribution in [0.3, 0.4) is 0 Å². The fourth-order valence-corrected chi connectivity index (χ4v) is 6.12. The van der Waals surface area contributed by atoms with Crippen molar-refractivity contribution in [2.45, 2.75) is 180 Å². The zero-order valence-corrected chi connectivity index (χ0v) is 35.6. The molecular weight excluding hydrogens is 733 g/mol. The molecular formula is C44H76NO10P. The number of hydrogen-bond donors (Lipinski definition) is 3. The smallest absolute Gasteiger partial charge is 0.472 e. The largest absolute Gasteiger partial charge is 0.480 e. The van der Waals surface area contributed by atoms with E-state index in [0.717, 1.165) is 64.2 Å². The lowest BCUT2D eigenvalue weighted by Crippen LogP contribution is -2.34. The molecule has 4 N–H and O–H groups in total. The highest BCUT2D eigenvalue weighted by Crippen LogP contribution is 2.43. The van der Waals surface area contributed by atoms with Crippen molar-refractivity contribution in [2.24, 2.45) is 5.73 Å². The molecule has 0 fully saturated rings. The molecule has 322 valence electrons. The van der Waals surface area contributed by atoms with E-state index in [1.165, 1.54) is 64.2 Å². The van der Waals surface area contributed by atoms with E-state index < -0.39 is 51.1 Å². The Morgan fingerprint density at radius 3 is 1.54 bits per heavy atom. The van der Waals surface area contributed by atoms with Crippen LogP contribution in [0.25, 0.3) is 0 Å². The van der Waals surface area contributed by atoms with Gasteiger partial charge in [0.25, 0.3) is 0 Å². The molecule has 0 aromatic carbocycles. The van der Waals surface area contributed by atoms with E-state index in [4.69, 9.17) is 24.8 Å². The first kappa shape index (κ1) is 53.2. The third-order valence-corrected chi connectivity index (χ3v) is 9.67. The summed E-state index contributed by atoms with van der Waals surface area (Å²) in [4.78, 5) is 45.9. The first-order valence-corrected chi connectivity index (χ1v) is 22.8. The number of allylic oxidation sites excluding steroid dienone is 10. The van der Waals surface area contributed by atoms with E-state index in [0.29, 0.717) is 12.8 Å². The zero-order valence-electron chi connectivity index (χ0n) is 34.7. The summed E-state index contributed by atoms with van der Waals surface area (Å²) in [6.07, 6.45) is 44.3. The van der Waals surface area contributed by atoms with Crippen molar-refractivity contribution in [3.8, 4) is 0 Å². The summed E-state index contributed by atoms with van der Waals surface area (Å²) in [6, 6.07) is -1.53. The van der Waals surface area contributed by atoms with E-state index in [2.05, 4.69) is 79.1 Å². The van der Waals surface area contributed by atoms with E-state index in [1.807, 2.05) is 0 Å². The zero-order chi connectivity index (χ0) is 41.4. The maximum Gasteiger partial charge on any atom is 0.472 e. The molecule has 0 aliphatic carbocycles. The second-order valence-corrected chi connectivity index (χ2v) is 15.6. The molecule has 12 heteroatoms. The normalized spacial score (nSPS) is 14.4. The van der Waals surface area contributed by atoms with Crippen LogP contribution in [0.15, 0.2) is 60.8 Å². The third-order valence-electron chi connectivity index (χ3n) is 8.72. The van der Waals surface area contributed by atoms with Gasteiger partial charge in [0.05, 0.1) is 13.2 Å². The Morgan fingerprint density at radius 1 is 0.554 bits per heavy atom. The molecule has 0 radical (unpaired) electrons. The molecule has 56 heavy (non-hydrogen) atoms. The lowest BCUT2D eigenvalue weighted by atomic mass is 10.1. The molecule has 11 nitrogen and oxygen atoms in total. The molecule has 0 rings (SSSR count). The second kappa shape index (κ2) is 39.0. The monoisotopic (exact) mass is 810 g/mol. The van der Waals surface area contributed by atoms with E-state index >= 15 is 0 Å². The van der Waals surface area contributed by atoms with Crippen molar-refractivity contribution in [3.63, 3.8) is 0 Å². The minimum absolute atomic E-state index is 0.122. The maximum absolute atomic E-state index is 12.6. The van der Waals surface area contributed by atoms with Gasteiger partial charge in [-0.25, -0.2) is 4.57 Å². The van der Waals surface area contributed by atoms with Gasteiger partial charge in [-0.1, -0.05) is 139 Å². The minimum atomic E-state index is -4.73. The van der Waals surface area contributed by atoms with Crippen LogP contribution < -0.4 is 5.73 Å². The Balaban J connectivity index is 4.47. The number of rotatable bonds is 39. The van der Waals surface area contributed by atoms with Crippen LogP contribution in [0.1, 0.15) is 168 Å². The Bertz CT molecular complexity index is 1180. The van der Waals surface area contributed by atoms with Crippen molar-refractivity contribution >= 4 is 25.7 Å². The van der Waals surface area contributed by atoms with Gasteiger partial charge in [-0.15, -0.1) is 0 Å². The number of hydrogen-bond acceptors (Lipinski definition) is 9. The fraction of sp³-hybridized carbons (Fsp3) is 0.705. The summed E-state index contributed by atoms with van der Waals surface area (Å²) in [5.74, 6) is -2.45. The minimum Gasteiger partial charge on any atom is -0.480 e. The predicted octanol–water partition coefficient (Wildman–Crippen LogP) is 11.2. The van der Waals surface area contributed by atoms with E-state index in [9.17, 15) is 23.8 Å². The van der Waals surface area contributed by atoms with Crippen molar-refractivity contribution in [3.05, 3.63) is 60.8 Å². The maximum atomic E-state index is 12.6. The topological polar surface area (TPSA) is 172 Å². The van der Waals surface area contributed by atoms with Gasteiger partial charge in [0.2, 0.25) is 0 Å². The molecule has 0 spiro atoms. The van der Waals surface area contributed by atoms with Gasteiger partial charge in [-0.2, -0.15) is 0 Å². The molecule has 0 saturated carbocycles. The summed E-state index contributed by atoms with van der Waals surface area (Å²) in [5.41, 5.74) is 5.32. The van der Waals surface area contributed by atoms with Gasteiger partial charge in [0.15, 0.2) is 6.10 Å². The second-order valence-electron chi connectivity index (χ2n) is 14.1. The number of aliphatic carboxylic acids is 1. The van der Waals surface area contributed by atoms with Crippen molar-refractivity contribution in [2.75, 3.05) is 19.8 Å². The van der Waals surface area contributed by atoms with Gasteiger partial charge in [-0.3, -0.25) is 23.4 Å². The highest BCUT2D eigenvalue weighted by molar-refractivity contribution is 7.47. The molecule has 0 aliphatic heterocycles. The molecule has 0 bridgehead atoms. The number of nitrogens with two attached hydrogens (primary N) is 1. The Kier molecular flexibility index (Phi) is 37.1. The first-order valence-electron chi connectivity index (χ1n) is 21.3. The number of phosphoric acid groups is 1. The van der Waals surface area contributed by atoms with E-state index in [-0.39, 0.29) is 19.4 Å². The molecule has 0 aliphatic rings. The van der Waals surface area contributed by atoms with Crippen LogP contribution in [-0.2, 0) is 37.5 Å². The number of esters is 2. The summed E-state index contributed by atoms with van der Waals surface area (Å²) in [6.45, 7) is 2.67. The summed E-state index contributed by atoms with van der Waals surface area (Å²) < 4.78 is 32.6. The Hall–Kier alpha value is -2.82. The lowest BCUT2D eigenvalue weighted by Gasteiger charge is -2.20. The van der Waals surface area contributed by atoms with Gasteiger partial charge in [-0.05, 0) is 77.0 Å². The van der Waals surface area contributed by atoms with Gasteiger partial charge >= 0.3 is 25.7 Å². The summed E-state index contributed by atoms with van der Waals surface area (Å²) >= 11 is 0. The highest BCUT2D eigenvalue weighted by atomic mass is 31.2. The summed E-state index contributed by atoms with van der Waals surface area (Å²) in [5, 5.41) is 8.88.